The van der Waals surface area contributed by atoms with Crippen molar-refractivity contribution in [1.82, 2.24) is 4.31 Å². The highest BCUT2D eigenvalue weighted by Crippen LogP contribution is 2.37. The Hall–Kier alpha value is 0.270. The third-order valence-corrected chi connectivity index (χ3v) is 3.90. The van der Waals surface area contributed by atoms with Crippen LogP contribution < -0.4 is 0 Å². The molecule has 0 aromatic heterocycles. The van der Waals surface area contributed by atoms with E-state index in [9.17, 15) is 0 Å². The van der Waals surface area contributed by atoms with Crippen LogP contribution in [0.25, 0.3) is 0 Å². The lowest BCUT2D eigenvalue weighted by Crippen LogP contribution is -2.33. The van der Waals surface area contributed by atoms with Gasteiger partial charge in [-0.1, -0.05) is 0 Å². The fourth-order valence-electron chi connectivity index (χ4n) is 1.87. The predicted molar refractivity (Wildman–Crippen MR) is 45.7 cm³/mol. The quantitative estimate of drug-likeness (QED) is 0.566. The molecule has 0 amide bonds. The van der Waals surface area contributed by atoms with Crippen LogP contribution in [-0.4, -0.2) is 42.1 Å². The Bertz CT molecular complexity index is 140. The van der Waals surface area contributed by atoms with Gasteiger partial charge in [0, 0.05) is 12.6 Å². The molecule has 0 radical (unpaired) electrons. The van der Waals surface area contributed by atoms with E-state index < -0.39 is 0 Å². The second-order valence-corrected chi connectivity index (χ2v) is 5.52. The van der Waals surface area contributed by atoms with Crippen LogP contribution >= 0.6 is 11.1 Å². The first-order valence-electron chi connectivity index (χ1n) is 3.83. The molecule has 0 saturated carbocycles. The lowest BCUT2D eigenvalue weighted by Gasteiger charge is -2.32. The molecule has 2 aliphatic rings. The number of thiol groups is 1. The summed E-state index contributed by atoms with van der Waals surface area (Å²) in [7, 11) is 0. The zero-order valence-corrected chi connectivity index (χ0v) is 7.47. The molecule has 2 heterocycles. The van der Waals surface area contributed by atoms with Crippen LogP contribution in [0.15, 0.2) is 0 Å². The SMILES string of the molecule is C[SH](C)N1C[C@H]2C[C@@H]1CO2. The second kappa shape index (κ2) is 2.40. The fourth-order valence-corrected chi connectivity index (χ4v) is 3.19. The number of fused-ring (bicyclic) bond motifs is 2. The van der Waals surface area contributed by atoms with Crippen molar-refractivity contribution in [3.05, 3.63) is 0 Å². The summed E-state index contributed by atoms with van der Waals surface area (Å²) < 4.78 is 8.12. The zero-order valence-electron chi connectivity index (χ0n) is 6.58. The zero-order chi connectivity index (χ0) is 7.14. The van der Waals surface area contributed by atoms with Gasteiger partial charge in [0.05, 0.1) is 12.7 Å². The van der Waals surface area contributed by atoms with Gasteiger partial charge in [-0.15, -0.1) is 0 Å². The van der Waals surface area contributed by atoms with Gasteiger partial charge in [0.2, 0.25) is 0 Å². The first kappa shape index (κ1) is 6.95. The minimum atomic E-state index is 0.137. The molecule has 0 spiro atoms. The molecule has 2 bridgehead atoms. The lowest BCUT2D eigenvalue weighted by molar-refractivity contribution is 0.0638. The summed E-state index contributed by atoms with van der Waals surface area (Å²) in [5, 5.41) is 0. The molecule has 2 saturated heterocycles. The molecular formula is C7H15NOS. The minimum Gasteiger partial charge on any atom is -0.375 e. The standard InChI is InChI=1S/C7H15NOS/c1-10(2)8-4-7-3-6(8)5-9-7/h6-7,10H,3-5H2,1-2H3/t6-,7-/m1/s1. The Labute approximate surface area is 65.0 Å². The lowest BCUT2D eigenvalue weighted by atomic mass is 10.3. The van der Waals surface area contributed by atoms with Crippen LogP contribution in [-0.2, 0) is 4.74 Å². The Morgan fingerprint density at radius 1 is 1.50 bits per heavy atom. The first-order valence-corrected chi connectivity index (χ1v) is 6.02. The van der Waals surface area contributed by atoms with Gasteiger partial charge in [-0.2, -0.15) is 0 Å². The largest absolute Gasteiger partial charge is 0.375 e. The van der Waals surface area contributed by atoms with E-state index in [1.807, 2.05) is 0 Å². The number of nitrogens with zero attached hydrogens (tertiary/aromatic N) is 1. The van der Waals surface area contributed by atoms with Crippen LogP contribution in [0.2, 0.25) is 0 Å². The number of hydrogen-bond acceptors (Lipinski definition) is 2. The molecule has 2 fully saturated rings. The van der Waals surface area contributed by atoms with Gasteiger partial charge in [-0.05, 0) is 18.9 Å². The maximum absolute atomic E-state index is 5.50. The van der Waals surface area contributed by atoms with Crippen molar-refractivity contribution in [1.29, 1.82) is 0 Å². The van der Waals surface area contributed by atoms with Gasteiger partial charge in [-0.25, -0.2) is 11.1 Å². The molecule has 0 aromatic rings. The van der Waals surface area contributed by atoms with E-state index in [-0.39, 0.29) is 11.1 Å². The van der Waals surface area contributed by atoms with Crippen molar-refractivity contribution < 1.29 is 4.74 Å². The molecule has 0 unspecified atom stereocenters. The molecule has 2 nitrogen and oxygen atoms in total. The van der Waals surface area contributed by atoms with Crippen molar-refractivity contribution in [3.63, 3.8) is 0 Å². The monoisotopic (exact) mass is 161 g/mol. The van der Waals surface area contributed by atoms with Crippen LogP contribution in [0.5, 0.6) is 0 Å². The predicted octanol–water partition coefficient (Wildman–Crippen LogP) is 0.635. The van der Waals surface area contributed by atoms with E-state index in [1.165, 1.54) is 13.0 Å². The number of hydrogen-bond donors (Lipinski definition) is 1. The Morgan fingerprint density at radius 3 is 2.60 bits per heavy atom. The Kier molecular flexibility index (Phi) is 1.66. The summed E-state index contributed by atoms with van der Waals surface area (Å²) in [4.78, 5) is 0. The molecule has 3 heteroatoms. The summed E-state index contributed by atoms with van der Waals surface area (Å²) in [5.41, 5.74) is 0. The Balaban J connectivity index is 2.02. The summed E-state index contributed by atoms with van der Waals surface area (Å²) in [6.45, 7) is 2.19. The number of morpholine rings is 1. The van der Waals surface area contributed by atoms with Gasteiger partial charge >= 0.3 is 0 Å². The van der Waals surface area contributed by atoms with Gasteiger partial charge in [0.25, 0.3) is 0 Å². The van der Waals surface area contributed by atoms with E-state index in [0.29, 0.717) is 6.10 Å². The highest BCUT2D eigenvalue weighted by atomic mass is 32.2. The third-order valence-electron chi connectivity index (χ3n) is 2.39. The van der Waals surface area contributed by atoms with Gasteiger partial charge in [-0.3, -0.25) is 4.31 Å². The molecule has 2 atom stereocenters. The van der Waals surface area contributed by atoms with Crippen LogP contribution in [0.3, 0.4) is 0 Å². The van der Waals surface area contributed by atoms with E-state index in [2.05, 4.69) is 16.8 Å². The number of ether oxygens (including phenoxy) is 1. The summed E-state index contributed by atoms with van der Waals surface area (Å²) in [6, 6.07) is 0.770. The van der Waals surface area contributed by atoms with Crippen molar-refractivity contribution in [3.8, 4) is 0 Å². The topological polar surface area (TPSA) is 12.5 Å². The fraction of sp³-hybridized carbons (Fsp3) is 1.00. The van der Waals surface area contributed by atoms with Crippen molar-refractivity contribution in [2.45, 2.75) is 18.6 Å². The molecule has 10 heavy (non-hydrogen) atoms. The average Bonchev–Trinajstić information content (AvgIpc) is 2.44. The smallest absolute Gasteiger partial charge is 0.0727 e. The molecule has 60 valence electrons. The summed E-state index contributed by atoms with van der Waals surface area (Å²) >= 11 is 0.137. The van der Waals surface area contributed by atoms with E-state index in [1.54, 1.807) is 0 Å². The molecule has 2 rings (SSSR count). The highest BCUT2D eigenvalue weighted by molar-refractivity contribution is 8.13. The Morgan fingerprint density at radius 2 is 2.30 bits per heavy atom. The summed E-state index contributed by atoms with van der Waals surface area (Å²) in [6.07, 6.45) is 6.53. The van der Waals surface area contributed by atoms with E-state index in [0.717, 1.165) is 12.6 Å². The third kappa shape index (κ3) is 0.966. The van der Waals surface area contributed by atoms with Crippen molar-refractivity contribution in [2.24, 2.45) is 0 Å². The van der Waals surface area contributed by atoms with Crippen LogP contribution in [0.4, 0.5) is 0 Å². The molecular weight excluding hydrogens is 146 g/mol. The number of rotatable bonds is 1. The highest BCUT2D eigenvalue weighted by Gasteiger charge is 2.39. The average molecular weight is 161 g/mol. The molecule has 2 aliphatic heterocycles. The first-order chi connectivity index (χ1) is 4.77. The van der Waals surface area contributed by atoms with E-state index >= 15 is 0 Å². The van der Waals surface area contributed by atoms with E-state index in [4.69, 9.17) is 4.74 Å². The minimum absolute atomic E-state index is 0.137. The molecule has 0 aromatic carbocycles. The normalized spacial score (nSPS) is 40.8. The maximum atomic E-state index is 5.50. The molecule has 0 aliphatic carbocycles. The van der Waals surface area contributed by atoms with Crippen molar-refractivity contribution >= 4 is 11.1 Å². The summed E-state index contributed by atoms with van der Waals surface area (Å²) in [5.74, 6) is 0. The maximum Gasteiger partial charge on any atom is 0.0727 e. The van der Waals surface area contributed by atoms with Crippen molar-refractivity contribution in [2.75, 3.05) is 25.7 Å². The van der Waals surface area contributed by atoms with Gasteiger partial charge < -0.3 is 4.74 Å². The molecule has 0 N–H and O–H groups in total. The van der Waals surface area contributed by atoms with Crippen LogP contribution in [0, 0.1) is 0 Å². The van der Waals surface area contributed by atoms with Gasteiger partial charge in [0.1, 0.15) is 0 Å². The second-order valence-electron chi connectivity index (χ2n) is 3.31. The van der Waals surface area contributed by atoms with Crippen LogP contribution in [0.1, 0.15) is 6.42 Å². The van der Waals surface area contributed by atoms with Gasteiger partial charge in [0.15, 0.2) is 0 Å².